The van der Waals surface area contributed by atoms with Crippen molar-refractivity contribution in [3.05, 3.63) is 0 Å². The van der Waals surface area contributed by atoms with Gasteiger partial charge in [0.05, 0.1) is 16.8 Å². The number of likely N-dealkylation sites (tertiary alicyclic amines) is 1. The molecule has 3 atom stereocenters. The summed E-state index contributed by atoms with van der Waals surface area (Å²) in [5.74, 6) is -0.0291. The second-order valence-corrected chi connectivity index (χ2v) is 4.26. The molecule has 12 heavy (non-hydrogen) atoms. The summed E-state index contributed by atoms with van der Waals surface area (Å²) in [5.41, 5.74) is 0. The van der Waals surface area contributed by atoms with Crippen molar-refractivity contribution < 1.29 is 4.79 Å². The van der Waals surface area contributed by atoms with Gasteiger partial charge in [-0.1, -0.05) is 15.9 Å². The summed E-state index contributed by atoms with van der Waals surface area (Å²) in [6, 6.07) is 2.25. The van der Waals surface area contributed by atoms with Gasteiger partial charge in [-0.25, -0.2) is 0 Å². The maximum Gasteiger partial charge on any atom is 0.219 e. The Labute approximate surface area is 80.5 Å². The number of alkyl halides is 1. The molecule has 1 heterocycles. The molecule has 1 rings (SSSR count). The van der Waals surface area contributed by atoms with Crippen LogP contribution in [0.2, 0.25) is 0 Å². The Balaban J connectivity index is 2.76. The van der Waals surface area contributed by atoms with Crippen molar-refractivity contribution in [2.75, 3.05) is 6.54 Å². The lowest BCUT2D eigenvalue weighted by atomic mass is 10.0. The SMILES string of the molecule is CC(=O)N1CC(Br)C(C#N)C1C. The van der Waals surface area contributed by atoms with Crippen LogP contribution in [0.3, 0.4) is 0 Å². The lowest BCUT2D eigenvalue weighted by Gasteiger charge is -2.19. The van der Waals surface area contributed by atoms with E-state index in [0.29, 0.717) is 6.54 Å². The third kappa shape index (κ3) is 1.46. The summed E-state index contributed by atoms with van der Waals surface area (Å²) in [4.78, 5) is 12.9. The van der Waals surface area contributed by atoms with Gasteiger partial charge in [0.1, 0.15) is 0 Å². The lowest BCUT2D eigenvalue weighted by molar-refractivity contribution is -0.129. The first kappa shape index (κ1) is 9.53. The highest BCUT2D eigenvalue weighted by Gasteiger charge is 2.38. The van der Waals surface area contributed by atoms with Crippen LogP contribution in [-0.4, -0.2) is 28.2 Å². The zero-order chi connectivity index (χ0) is 9.30. The fraction of sp³-hybridized carbons (Fsp3) is 0.750. The Bertz CT molecular complexity index is 236. The Morgan fingerprint density at radius 3 is 2.58 bits per heavy atom. The van der Waals surface area contributed by atoms with Gasteiger partial charge >= 0.3 is 0 Å². The maximum absolute atomic E-state index is 11.1. The van der Waals surface area contributed by atoms with Crippen LogP contribution in [0.4, 0.5) is 0 Å². The van der Waals surface area contributed by atoms with Gasteiger partial charge in [0.15, 0.2) is 0 Å². The van der Waals surface area contributed by atoms with Crippen molar-refractivity contribution in [3.8, 4) is 6.07 Å². The molecule has 0 saturated carbocycles. The van der Waals surface area contributed by atoms with Crippen LogP contribution in [0, 0.1) is 17.2 Å². The first-order valence-corrected chi connectivity index (χ1v) is 4.80. The number of hydrogen-bond acceptors (Lipinski definition) is 2. The molecule has 0 spiro atoms. The van der Waals surface area contributed by atoms with Gasteiger partial charge in [-0.05, 0) is 6.92 Å². The van der Waals surface area contributed by atoms with E-state index in [1.54, 1.807) is 4.90 Å². The zero-order valence-electron chi connectivity index (χ0n) is 7.12. The summed E-state index contributed by atoms with van der Waals surface area (Å²) < 4.78 is 0. The van der Waals surface area contributed by atoms with Gasteiger partial charge in [0, 0.05) is 19.5 Å². The Morgan fingerprint density at radius 1 is 1.75 bits per heavy atom. The highest BCUT2D eigenvalue weighted by molar-refractivity contribution is 9.09. The van der Waals surface area contributed by atoms with Crippen LogP contribution in [0.25, 0.3) is 0 Å². The molecule has 3 nitrogen and oxygen atoms in total. The maximum atomic E-state index is 11.1. The van der Waals surface area contributed by atoms with E-state index >= 15 is 0 Å². The highest BCUT2D eigenvalue weighted by Crippen LogP contribution is 2.28. The number of hydrogen-bond donors (Lipinski definition) is 0. The van der Waals surface area contributed by atoms with Gasteiger partial charge < -0.3 is 4.90 Å². The van der Waals surface area contributed by atoms with Gasteiger partial charge in [-0.3, -0.25) is 4.79 Å². The van der Waals surface area contributed by atoms with E-state index in [-0.39, 0.29) is 22.7 Å². The number of carbonyl (C=O) groups excluding carboxylic acids is 1. The standard InChI is InChI=1S/C8H11BrN2O/c1-5-7(3-10)8(9)4-11(5)6(2)12/h5,7-8H,4H2,1-2H3. The minimum atomic E-state index is -0.0751. The van der Waals surface area contributed by atoms with Crippen LogP contribution < -0.4 is 0 Å². The van der Waals surface area contributed by atoms with Crippen molar-refractivity contribution in [2.45, 2.75) is 24.7 Å². The Hall–Kier alpha value is -0.560. The molecule has 0 aliphatic carbocycles. The Kier molecular flexibility index (Phi) is 2.73. The summed E-state index contributed by atoms with van der Waals surface area (Å²) in [6.07, 6.45) is 0. The van der Waals surface area contributed by atoms with Crippen molar-refractivity contribution >= 4 is 21.8 Å². The van der Waals surface area contributed by atoms with E-state index in [2.05, 4.69) is 22.0 Å². The van der Waals surface area contributed by atoms with Crippen molar-refractivity contribution in [1.29, 1.82) is 5.26 Å². The van der Waals surface area contributed by atoms with Crippen LogP contribution >= 0.6 is 15.9 Å². The highest BCUT2D eigenvalue weighted by atomic mass is 79.9. The van der Waals surface area contributed by atoms with Crippen LogP contribution in [0.15, 0.2) is 0 Å². The fourth-order valence-electron chi connectivity index (χ4n) is 1.57. The molecule has 1 amide bonds. The van der Waals surface area contributed by atoms with E-state index in [1.807, 2.05) is 6.92 Å². The average molecular weight is 231 g/mol. The number of amides is 1. The molecule has 3 unspecified atom stereocenters. The van der Waals surface area contributed by atoms with E-state index in [4.69, 9.17) is 5.26 Å². The normalized spacial score (nSPS) is 34.8. The summed E-state index contributed by atoms with van der Waals surface area (Å²) >= 11 is 3.40. The van der Waals surface area contributed by atoms with Crippen molar-refractivity contribution in [2.24, 2.45) is 5.92 Å². The molecule has 0 bridgehead atoms. The fourth-order valence-corrected chi connectivity index (χ4v) is 2.44. The minimum Gasteiger partial charge on any atom is -0.338 e. The quantitative estimate of drug-likeness (QED) is 0.587. The zero-order valence-corrected chi connectivity index (χ0v) is 8.71. The molecule has 0 radical (unpaired) electrons. The van der Waals surface area contributed by atoms with Gasteiger partial charge in [-0.15, -0.1) is 0 Å². The predicted molar refractivity (Wildman–Crippen MR) is 48.7 cm³/mol. The summed E-state index contributed by atoms with van der Waals surface area (Å²) in [5, 5.41) is 8.79. The predicted octanol–water partition coefficient (Wildman–Crippen LogP) is 1.14. The molecule has 0 aromatic carbocycles. The topological polar surface area (TPSA) is 44.1 Å². The third-order valence-corrected chi connectivity index (χ3v) is 3.18. The van der Waals surface area contributed by atoms with E-state index < -0.39 is 0 Å². The Morgan fingerprint density at radius 2 is 2.33 bits per heavy atom. The van der Waals surface area contributed by atoms with Gasteiger partial charge in [-0.2, -0.15) is 5.26 Å². The van der Waals surface area contributed by atoms with Crippen molar-refractivity contribution in [1.82, 2.24) is 4.90 Å². The van der Waals surface area contributed by atoms with E-state index in [1.165, 1.54) is 6.92 Å². The molecule has 66 valence electrons. The lowest BCUT2D eigenvalue weighted by Crippen LogP contribution is -2.33. The monoisotopic (exact) mass is 230 g/mol. The first-order chi connectivity index (χ1) is 5.57. The van der Waals surface area contributed by atoms with Gasteiger partial charge in [0.2, 0.25) is 5.91 Å². The molecule has 0 aromatic rings. The number of rotatable bonds is 0. The second-order valence-electron chi connectivity index (χ2n) is 3.08. The molecule has 1 fully saturated rings. The molecule has 1 aliphatic rings. The second kappa shape index (κ2) is 3.44. The smallest absolute Gasteiger partial charge is 0.219 e. The number of carbonyl (C=O) groups is 1. The molecule has 4 heteroatoms. The summed E-state index contributed by atoms with van der Waals surface area (Å²) in [7, 11) is 0. The molecule has 1 saturated heterocycles. The molecule has 0 N–H and O–H groups in total. The van der Waals surface area contributed by atoms with E-state index in [0.717, 1.165) is 0 Å². The summed E-state index contributed by atoms with van der Waals surface area (Å²) in [6.45, 7) is 4.10. The minimum absolute atomic E-state index is 0.0388. The van der Waals surface area contributed by atoms with E-state index in [9.17, 15) is 4.79 Å². The molecule has 0 aromatic heterocycles. The number of nitrogens with zero attached hydrogens (tertiary/aromatic N) is 2. The number of halogens is 1. The largest absolute Gasteiger partial charge is 0.338 e. The van der Waals surface area contributed by atoms with Crippen LogP contribution in [0.5, 0.6) is 0 Å². The molecular weight excluding hydrogens is 220 g/mol. The first-order valence-electron chi connectivity index (χ1n) is 3.88. The average Bonchev–Trinajstić information content (AvgIpc) is 2.27. The number of nitriles is 1. The van der Waals surface area contributed by atoms with Crippen LogP contribution in [-0.2, 0) is 4.79 Å². The third-order valence-electron chi connectivity index (χ3n) is 2.33. The van der Waals surface area contributed by atoms with Gasteiger partial charge in [0.25, 0.3) is 0 Å². The van der Waals surface area contributed by atoms with Crippen LogP contribution in [0.1, 0.15) is 13.8 Å². The molecular formula is C8H11BrN2O. The van der Waals surface area contributed by atoms with Crippen molar-refractivity contribution in [3.63, 3.8) is 0 Å². The molecule has 1 aliphatic heterocycles.